The molecule has 4 aliphatic carbocycles. The number of ether oxygens (including phenoxy) is 1. The first-order chi connectivity index (χ1) is 13.5. The Kier molecular flexibility index (Phi) is 5.26. The third-order valence-corrected chi connectivity index (χ3v) is 6.77. The molecule has 1 amide bonds. The lowest BCUT2D eigenvalue weighted by atomic mass is 9.49. The molecule has 0 heterocycles. The number of ketones is 1. The molecule has 5 rings (SSSR count). The predicted octanol–water partition coefficient (Wildman–Crippen LogP) is 4.37. The Morgan fingerprint density at radius 2 is 1.57 bits per heavy atom. The van der Waals surface area contributed by atoms with Gasteiger partial charge in [0.05, 0.1) is 5.41 Å². The zero-order chi connectivity index (χ0) is 19.7. The van der Waals surface area contributed by atoms with Crippen LogP contribution >= 0.6 is 0 Å². The lowest BCUT2D eigenvalue weighted by molar-refractivity contribution is -0.170. The van der Waals surface area contributed by atoms with Crippen LogP contribution in [0.15, 0.2) is 24.3 Å². The Balaban J connectivity index is 1.32. The zero-order valence-corrected chi connectivity index (χ0v) is 16.5. The third-order valence-electron chi connectivity index (χ3n) is 6.77. The van der Waals surface area contributed by atoms with Crippen LogP contribution in [0.5, 0.6) is 0 Å². The summed E-state index contributed by atoms with van der Waals surface area (Å²) in [6.45, 7) is 1.74. The van der Waals surface area contributed by atoms with Gasteiger partial charge in [-0.25, -0.2) is 0 Å². The van der Waals surface area contributed by atoms with E-state index >= 15 is 0 Å². The summed E-state index contributed by atoms with van der Waals surface area (Å²) in [6.07, 6.45) is 7.90. The minimum atomic E-state index is -0.331. The van der Waals surface area contributed by atoms with E-state index in [0.717, 1.165) is 25.7 Å². The molecule has 0 atom stereocenters. The molecule has 1 aromatic rings. The quantitative estimate of drug-likeness (QED) is 0.561. The number of hydrogen-bond acceptors (Lipinski definition) is 4. The number of carbonyl (C=O) groups excluding carboxylic acids is 3. The van der Waals surface area contributed by atoms with Crippen molar-refractivity contribution in [2.24, 2.45) is 23.2 Å². The second-order valence-corrected chi connectivity index (χ2v) is 9.07. The molecular weight excluding hydrogens is 354 g/mol. The number of nitrogens with one attached hydrogen (secondary N) is 1. The molecule has 5 nitrogen and oxygen atoms in total. The van der Waals surface area contributed by atoms with Crippen LogP contribution in [0.3, 0.4) is 0 Å². The van der Waals surface area contributed by atoms with E-state index in [4.69, 9.17) is 4.74 Å². The highest BCUT2D eigenvalue weighted by molar-refractivity contribution is 5.99. The van der Waals surface area contributed by atoms with E-state index in [-0.39, 0.29) is 29.7 Å². The van der Waals surface area contributed by atoms with Crippen molar-refractivity contribution in [2.75, 3.05) is 11.9 Å². The molecule has 150 valence electrons. The minimum absolute atomic E-state index is 0.0360. The third kappa shape index (κ3) is 3.85. The molecule has 0 aliphatic heterocycles. The zero-order valence-electron chi connectivity index (χ0n) is 16.5. The summed E-state index contributed by atoms with van der Waals surface area (Å²) in [4.78, 5) is 36.9. The molecule has 0 spiro atoms. The summed E-state index contributed by atoms with van der Waals surface area (Å²) in [5.74, 6) is 1.61. The van der Waals surface area contributed by atoms with Crippen LogP contribution in [0.2, 0.25) is 0 Å². The lowest BCUT2D eigenvalue weighted by Crippen LogP contribution is -2.50. The Morgan fingerprint density at radius 3 is 2.11 bits per heavy atom. The molecule has 0 saturated heterocycles. The van der Waals surface area contributed by atoms with Crippen molar-refractivity contribution in [1.82, 2.24) is 0 Å². The highest BCUT2D eigenvalue weighted by atomic mass is 16.5. The molecule has 0 radical (unpaired) electrons. The summed E-state index contributed by atoms with van der Waals surface area (Å²) in [5, 5.41) is 2.80. The Labute approximate surface area is 166 Å². The van der Waals surface area contributed by atoms with Crippen LogP contribution in [0.4, 0.5) is 5.69 Å². The normalized spacial score (nSPS) is 30.1. The number of carbonyl (C=O) groups is 3. The second-order valence-electron chi connectivity index (χ2n) is 9.07. The average Bonchev–Trinajstić information content (AvgIpc) is 2.65. The molecule has 28 heavy (non-hydrogen) atoms. The number of Topliss-reactive ketones (excluding diaryl/α,β-unsaturated/α-hetero) is 1. The first-order valence-electron chi connectivity index (χ1n) is 10.6. The molecule has 1 N–H and O–H groups in total. The first-order valence-corrected chi connectivity index (χ1v) is 10.6. The second kappa shape index (κ2) is 7.69. The number of esters is 1. The van der Waals surface area contributed by atoms with Gasteiger partial charge in [0.1, 0.15) is 0 Å². The van der Waals surface area contributed by atoms with Crippen molar-refractivity contribution in [3.63, 3.8) is 0 Å². The van der Waals surface area contributed by atoms with Crippen molar-refractivity contribution in [1.29, 1.82) is 0 Å². The molecule has 1 aromatic carbocycles. The Morgan fingerprint density at radius 1 is 1.00 bits per heavy atom. The van der Waals surface area contributed by atoms with Crippen LogP contribution < -0.4 is 5.32 Å². The van der Waals surface area contributed by atoms with Crippen molar-refractivity contribution in [3.8, 4) is 0 Å². The van der Waals surface area contributed by atoms with Gasteiger partial charge in [0.25, 0.3) is 0 Å². The van der Waals surface area contributed by atoms with Crippen molar-refractivity contribution in [2.45, 2.75) is 58.3 Å². The van der Waals surface area contributed by atoms with Crippen LogP contribution in [-0.2, 0) is 14.3 Å². The van der Waals surface area contributed by atoms with E-state index in [1.165, 1.54) is 19.3 Å². The van der Waals surface area contributed by atoms with Gasteiger partial charge >= 0.3 is 5.97 Å². The summed E-state index contributed by atoms with van der Waals surface area (Å²) in [7, 11) is 0. The maximum absolute atomic E-state index is 12.8. The van der Waals surface area contributed by atoms with Crippen LogP contribution in [0.1, 0.15) is 68.6 Å². The van der Waals surface area contributed by atoms with Gasteiger partial charge in [-0.15, -0.1) is 0 Å². The largest absolute Gasteiger partial charge is 0.457 e. The van der Waals surface area contributed by atoms with Gasteiger partial charge in [-0.1, -0.05) is 6.92 Å². The minimum Gasteiger partial charge on any atom is -0.457 e. The topological polar surface area (TPSA) is 72.5 Å². The average molecular weight is 383 g/mol. The fraction of sp³-hybridized carbons (Fsp3) is 0.609. The molecule has 0 aromatic heterocycles. The van der Waals surface area contributed by atoms with Crippen molar-refractivity contribution >= 4 is 23.3 Å². The maximum Gasteiger partial charge on any atom is 0.312 e. The van der Waals surface area contributed by atoms with Crippen LogP contribution in [-0.4, -0.2) is 24.3 Å². The first kappa shape index (κ1) is 19.2. The van der Waals surface area contributed by atoms with E-state index in [0.29, 0.717) is 35.4 Å². The summed E-state index contributed by atoms with van der Waals surface area (Å²) < 4.78 is 5.51. The van der Waals surface area contributed by atoms with E-state index in [1.807, 2.05) is 6.92 Å². The molecule has 4 bridgehead atoms. The van der Waals surface area contributed by atoms with Crippen LogP contribution in [0, 0.1) is 23.2 Å². The van der Waals surface area contributed by atoms with E-state index in [9.17, 15) is 14.4 Å². The summed E-state index contributed by atoms with van der Waals surface area (Å²) in [5.41, 5.74) is 0.829. The van der Waals surface area contributed by atoms with Gasteiger partial charge < -0.3 is 10.1 Å². The Bertz CT molecular complexity index is 732. The molecule has 4 aliphatic rings. The predicted molar refractivity (Wildman–Crippen MR) is 106 cm³/mol. The van der Waals surface area contributed by atoms with Gasteiger partial charge in [-0.05, 0) is 87.0 Å². The highest BCUT2D eigenvalue weighted by Gasteiger charge is 2.55. The number of hydrogen-bond donors (Lipinski definition) is 1. The van der Waals surface area contributed by atoms with E-state index in [2.05, 4.69) is 5.32 Å². The van der Waals surface area contributed by atoms with Crippen molar-refractivity contribution in [3.05, 3.63) is 29.8 Å². The number of amides is 1. The number of anilines is 1. The summed E-state index contributed by atoms with van der Waals surface area (Å²) in [6, 6.07) is 6.76. The maximum atomic E-state index is 12.8. The standard InChI is InChI=1S/C23H29NO4/c1-2-3-21(26)24-19-6-4-18(5-7-19)20(25)14-28-22(27)23-11-15-8-16(12-23)10-17(9-15)13-23/h4-7,15-17H,2-3,8-14H2,1H3,(H,24,26). The van der Waals surface area contributed by atoms with Crippen LogP contribution in [0.25, 0.3) is 0 Å². The smallest absolute Gasteiger partial charge is 0.312 e. The number of benzene rings is 1. The highest BCUT2D eigenvalue weighted by Crippen LogP contribution is 2.60. The molecule has 4 fully saturated rings. The SMILES string of the molecule is CCCC(=O)Nc1ccc(C(=O)COC(=O)C23CC4CC(CC(C4)C2)C3)cc1. The molecule has 0 unspecified atom stereocenters. The molecule has 5 heteroatoms. The number of rotatable bonds is 7. The van der Waals surface area contributed by atoms with E-state index in [1.54, 1.807) is 24.3 Å². The van der Waals surface area contributed by atoms with E-state index < -0.39 is 0 Å². The molecule has 4 saturated carbocycles. The molecular formula is C23H29NO4. The fourth-order valence-electron chi connectivity index (χ4n) is 5.92. The van der Waals surface area contributed by atoms with Gasteiger partial charge in [0, 0.05) is 17.7 Å². The monoisotopic (exact) mass is 383 g/mol. The Hall–Kier alpha value is -2.17. The lowest BCUT2D eigenvalue weighted by Gasteiger charge is -2.55. The van der Waals surface area contributed by atoms with Gasteiger partial charge in [-0.2, -0.15) is 0 Å². The van der Waals surface area contributed by atoms with Gasteiger partial charge in [-0.3, -0.25) is 14.4 Å². The van der Waals surface area contributed by atoms with Crippen molar-refractivity contribution < 1.29 is 19.1 Å². The summed E-state index contributed by atoms with van der Waals surface area (Å²) >= 11 is 0. The van der Waals surface area contributed by atoms with Gasteiger partial charge in [0.15, 0.2) is 12.4 Å². The fourth-order valence-corrected chi connectivity index (χ4v) is 5.92. The van der Waals surface area contributed by atoms with Gasteiger partial charge in [0.2, 0.25) is 5.91 Å².